The van der Waals surface area contributed by atoms with Crippen LogP contribution in [-0.4, -0.2) is 22.0 Å². The number of aromatic nitrogens is 1. The number of rotatable bonds is 3. The lowest BCUT2D eigenvalue weighted by molar-refractivity contribution is 0.0698. The maximum absolute atomic E-state index is 13.6. The van der Waals surface area contributed by atoms with Gasteiger partial charge in [0.05, 0.1) is 23.0 Å². The molecule has 0 saturated carbocycles. The Labute approximate surface area is 121 Å². The molecule has 0 atom stereocenters. The van der Waals surface area contributed by atoms with Crippen LogP contribution >= 0.6 is 15.9 Å². The van der Waals surface area contributed by atoms with E-state index in [1.807, 2.05) is 0 Å². The van der Waals surface area contributed by atoms with Gasteiger partial charge >= 0.3 is 5.97 Å². The smallest absolute Gasteiger partial charge is 0.337 e. The SMILES string of the molecule is O=C(Nc1cnccc1C(=O)O)c1cc(Br)ccc1F. The van der Waals surface area contributed by atoms with Crippen molar-refractivity contribution in [1.29, 1.82) is 0 Å². The second-order valence-corrected chi connectivity index (χ2v) is 4.72. The Morgan fingerprint density at radius 2 is 2.00 bits per heavy atom. The van der Waals surface area contributed by atoms with Crippen LogP contribution < -0.4 is 5.32 Å². The number of carbonyl (C=O) groups excluding carboxylic acids is 1. The first-order valence-electron chi connectivity index (χ1n) is 5.42. The lowest BCUT2D eigenvalue weighted by atomic mass is 10.1. The van der Waals surface area contributed by atoms with Gasteiger partial charge in [-0.1, -0.05) is 15.9 Å². The average molecular weight is 339 g/mol. The Balaban J connectivity index is 2.33. The highest BCUT2D eigenvalue weighted by atomic mass is 79.9. The monoisotopic (exact) mass is 338 g/mol. The van der Waals surface area contributed by atoms with Gasteiger partial charge in [-0.15, -0.1) is 0 Å². The molecule has 0 aliphatic heterocycles. The first-order chi connectivity index (χ1) is 9.49. The van der Waals surface area contributed by atoms with E-state index in [0.717, 1.165) is 6.07 Å². The predicted molar refractivity (Wildman–Crippen MR) is 73.2 cm³/mol. The lowest BCUT2D eigenvalue weighted by Crippen LogP contribution is -2.16. The summed E-state index contributed by atoms with van der Waals surface area (Å²) in [4.78, 5) is 26.7. The molecule has 1 amide bonds. The number of carboxylic acids is 1. The van der Waals surface area contributed by atoms with Crippen LogP contribution in [0.2, 0.25) is 0 Å². The fraction of sp³-hybridized carbons (Fsp3) is 0. The van der Waals surface area contributed by atoms with Gasteiger partial charge in [0.15, 0.2) is 0 Å². The standard InChI is InChI=1S/C13H8BrFN2O3/c14-7-1-2-10(15)9(5-7)12(18)17-11-6-16-4-3-8(11)13(19)20/h1-6H,(H,17,18)(H,19,20). The molecule has 0 unspecified atom stereocenters. The minimum atomic E-state index is -1.21. The molecule has 1 aromatic heterocycles. The van der Waals surface area contributed by atoms with Gasteiger partial charge in [-0.2, -0.15) is 0 Å². The molecule has 0 fully saturated rings. The van der Waals surface area contributed by atoms with Crippen molar-refractivity contribution in [2.75, 3.05) is 5.32 Å². The first kappa shape index (κ1) is 14.1. The van der Waals surface area contributed by atoms with E-state index in [-0.39, 0.29) is 16.8 Å². The van der Waals surface area contributed by atoms with Crippen LogP contribution in [0.15, 0.2) is 41.1 Å². The van der Waals surface area contributed by atoms with Crippen LogP contribution in [0.4, 0.5) is 10.1 Å². The second-order valence-electron chi connectivity index (χ2n) is 3.80. The highest BCUT2D eigenvalue weighted by Gasteiger charge is 2.16. The zero-order chi connectivity index (χ0) is 14.7. The number of anilines is 1. The van der Waals surface area contributed by atoms with Gasteiger partial charge in [0.1, 0.15) is 5.82 Å². The number of hydrogen-bond donors (Lipinski definition) is 2. The van der Waals surface area contributed by atoms with E-state index in [1.54, 1.807) is 0 Å². The molecule has 1 heterocycles. The molecule has 20 heavy (non-hydrogen) atoms. The van der Waals surface area contributed by atoms with Crippen LogP contribution in [0.3, 0.4) is 0 Å². The van der Waals surface area contributed by atoms with E-state index < -0.39 is 17.7 Å². The van der Waals surface area contributed by atoms with Crippen LogP contribution in [-0.2, 0) is 0 Å². The van der Waals surface area contributed by atoms with Crippen LogP contribution in [0.1, 0.15) is 20.7 Å². The van der Waals surface area contributed by atoms with Gasteiger partial charge in [0.2, 0.25) is 0 Å². The van der Waals surface area contributed by atoms with E-state index >= 15 is 0 Å². The summed E-state index contributed by atoms with van der Waals surface area (Å²) in [6.45, 7) is 0. The number of nitrogens with zero attached hydrogens (tertiary/aromatic N) is 1. The maximum Gasteiger partial charge on any atom is 0.337 e. The Kier molecular flexibility index (Phi) is 4.09. The third-order valence-electron chi connectivity index (χ3n) is 2.47. The van der Waals surface area contributed by atoms with E-state index in [9.17, 15) is 14.0 Å². The van der Waals surface area contributed by atoms with E-state index in [4.69, 9.17) is 5.11 Å². The Bertz CT molecular complexity index is 691. The molecule has 0 aliphatic rings. The van der Waals surface area contributed by atoms with Gasteiger partial charge in [0, 0.05) is 10.7 Å². The number of nitrogens with one attached hydrogen (secondary N) is 1. The normalized spacial score (nSPS) is 10.1. The molecule has 102 valence electrons. The molecule has 0 radical (unpaired) electrons. The largest absolute Gasteiger partial charge is 0.478 e. The molecule has 2 N–H and O–H groups in total. The molecule has 0 spiro atoms. The number of hydrogen-bond acceptors (Lipinski definition) is 3. The predicted octanol–water partition coefficient (Wildman–Crippen LogP) is 2.93. The highest BCUT2D eigenvalue weighted by Crippen LogP contribution is 2.19. The van der Waals surface area contributed by atoms with Crippen molar-refractivity contribution in [1.82, 2.24) is 4.98 Å². The van der Waals surface area contributed by atoms with Gasteiger partial charge in [-0.05, 0) is 24.3 Å². The van der Waals surface area contributed by atoms with Crippen molar-refractivity contribution in [3.8, 4) is 0 Å². The number of pyridine rings is 1. The van der Waals surface area contributed by atoms with E-state index in [1.165, 1.54) is 30.6 Å². The summed E-state index contributed by atoms with van der Waals surface area (Å²) >= 11 is 3.13. The second kappa shape index (κ2) is 5.79. The fourth-order valence-electron chi connectivity index (χ4n) is 1.54. The quantitative estimate of drug-likeness (QED) is 0.901. The van der Waals surface area contributed by atoms with E-state index in [2.05, 4.69) is 26.2 Å². The number of carboxylic acid groups (broad SMARTS) is 1. The van der Waals surface area contributed by atoms with Crippen LogP contribution in [0, 0.1) is 5.82 Å². The molecule has 2 rings (SSSR count). The summed E-state index contributed by atoms with van der Waals surface area (Å²) in [6, 6.07) is 5.15. The van der Waals surface area contributed by atoms with Gasteiger partial charge in [-0.3, -0.25) is 9.78 Å². The molecule has 0 bridgehead atoms. The summed E-state index contributed by atoms with van der Waals surface area (Å²) in [5.74, 6) is -2.66. The fourth-order valence-corrected chi connectivity index (χ4v) is 1.90. The van der Waals surface area contributed by atoms with Gasteiger partial charge in [0.25, 0.3) is 5.91 Å². The third kappa shape index (κ3) is 3.00. The van der Waals surface area contributed by atoms with Crippen molar-refractivity contribution in [2.24, 2.45) is 0 Å². The zero-order valence-corrected chi connectivity index (χ0v) is 11.5. The number of benzene rings is 1. The molecule has 5 nitrogen and oxygen atoms in total. The average Bonchev–Trinajstić information content (AvgIpc) is 2.41. The van der Waals surface area contributed by atoms with Crippen LogP contribution in [0.5, 0.6) is 0 Å². The summed E-state index contributed by atoms with van der Waals surface area (Å²) in [6.07, 6.45) is 2.48. The molecule has 2 aromatic rings. The first-order valence-corrected chi connectivity index (χ1v) is 6.22. The van der Waals surface area contributed by atoms with Gasteiger partial charge in [-0.25, -0.2) is 9.18 Å². The lowest BCUT2D eigenvalue weighted by Gasteiger charge is -2.08. The molecular formula is C13H8BrFN2O3. The molecule has 0 saturated heterocycles. The third-order valence-corrected chi connectivity index (χ3v) is 2.97. The molecular weight excluding hydrogens is 331 g/mol. The molecule has 7 heteroatoms. The number of amides is 1. The Morgan fingerprint density at radius 1 is 1.25 bits per heavy atom. The maximum atomic E-state index is 13.6. The summed E-state index contributed by atoms with van der Waals surface area (Å²) in [5, 5.41) is 11.3. The van der Waals surface area contributed by atoms with Crippen LogP contribution in [0.25, 0.3) is 0 Å². The zero-order valence-electron chi connectivity index (χ0n) is 9.93. The molecule has 0 aliphatic carbocycles. The van der Waals surface area contributed by atoms with Crippen molar-refractivity contribution in [3.05, 3.63) is 58.1 Å². The highest BCUT2D eigenvalue weighted by molar-refractivity contribution is 9.10. The summed E-state index contributed by atoms with van der Waals surface area (Å²) < 4.78 is 14.1. The van der Waals surface area contributed by atoms with Crippen molar-refractivity contribution >= 4 is 33.5 Å². The van der Waals surface area contributed by atoms with Crippen molar-refractivity contribution in [2.45, 2.75) is 0 Å². The topological polar surface area (TPSA) is 79.3 Å². The van der Waals surface area contributed by atoms with E-state index in [0.29, 0.717) is 4.47 Å². The Hall–Kier alpha value is -2.28. The summed E-state index contributed by atoms with van der Waals surface area (Å²) in [7, 11) is 0. The number of aromatic carboxylic acids is 1. The van der Waals surface area contributed by atoms with Gasteiger partial charge < -0.3 is 10.4 Å². The number of halogens is 2. The van der Waals surface area contributed by atoms with Crippen molar-refractivity contribution < 1.29 is 19.1 Å². The minimum Gasteiger partial charge on any atom is -0.478 e. The Morgan fingerprint density at radius 3 is 2.70 bits per heavy atom. The summed E-state index contributed by atoms with van der Waals surface area (Å²) in [5.41, 5.74) is -0.312. The minimum absolute atomic E-state index is 0.00405. The number of carbonyl (C=O) groups is 2. The molecule has 1 aromatic carbocycles. The van der Waals surface area contributed by atoms with Crippen molar-refractivity contribution in [3.63, 3.8) is 0 Å².